The van der Waals surface area contributed by atoms with Crippen molar-refractivity contribution >= 4 is 6.08 Å². The van der Waals surface area contributed by atoms with Crippen molar-refractivity contribution in [3.63, 3.8) is 0 Å². The highest BCUT2D eigenvalue weighted by atomic mass is 19.2. The van der Waals surface area contributed by atoms with E-state index in [1.165, 1.54) is 6.07 Å². The van der Waals surface area contributed by atoms with Gasteiger partial charge in [-0.05, 0) is 74.6 Å². The summed E-state index contributed by atoms with van der Waals surface area (Å²) in [7, 11) is 0. The minimum absolute atomic E-state index is 0.0152. The van der Waals surface area contributed by atoms with E-state index >= 15 is 0 Å². The van der Waals surface area contributed by atoms with Gasteiger partial charge in [0.2, 0.25) is 5.82 Å². The third kappa shape index (κ3) is 4.20. The molecule has 0 amide bonds. The Morgan fingerprint density at radius 1 is 0.963 bits per heavy atom. The molecule has 144 valence electrons. The number of hydrogen-bond donors (Lipinski definition) is 0. The highest BCUT2D eigenvalue weighted by molar-refractivity contribution is 5.50. The van der Waals surface area contributed by atoms with Crippen molar-refractivity contribution in [2.24, 2.45) is 0 Å². The molecule has 3 rings (SSSR count). The van der Waals surface area contributed by atoms with E-state index < -0.39 is 11.6 Å². The molecule has 0 bridgehead atoms. The summed E-state index contributed by atoms with van der Waals surface area (Å²) in [6, 6.07) is 8.54. The molecule has 0 radical (unpaired) electrons. The molecule has 27 heavy (non-hydrogen) atoms. The topological polar surface area (TPSA) is 9.23 Å². The normalized spacial score (nSPS) is 20.2. The molecule has 1 aliphatic carbocycles. The van der Waals surface area contributed by atoms with Gasteiger partial charge in [0.15, 0.2) is 11.6 Å². The van der Waals surface area contributed by atoms with E-state index in [1.54, 1.807) is 31.2 Å². The van der Waals surface area contributed by atoms with E-state index in [0.29, 0.717) is 17.7 Å². The first-order chi connectivity index (χ1) is 13.0. The first-order valence-electron chi connectivity index (χ1n) is 9.58. The third-order valence-corrected chi connectivity index (χ3v) is 5.39. The Bertz CT molecular complexity index is 821. The zero-order chi connectivity index (χ0) is 19.4. The minimum atomic E-state index is -0.905. The standard InChI is InChI=1S/C23H25F3O/c1-3-5-17-10-11-18(14-20(17)24)15-6-8-16(9-7-15)19-12-13-21(27-4-2)23(26)22(19)25/h3,5,10-16H,4,6-9H2,1-2H3. The lowest BCUT2D eigenvalue weighted by Crippen LogP contribution is -2.14. The Labute approximate surface area is 158 Å². The van der Waals surface area contributed by atoms with E-state index in [1.807, 2.05) is 19.1 Å². The maximum Gasteiger partial charge on any atom is 0.200 e. The molecule has 1 aliphatic rings. The first-order valence-corrected chi connectivity index (χ1v) is 9.58. The predicted molar refractivity (Wildman–Crippen MR) is 103 cm³/mol. The molecule has 0 aromatic heterocycles. The zero-order valence-electron chi connectivity index (χ0n) is 15.8. The van der Waals surface area contributed by atoms with Crippen LogP contribution >= 0.6 is 0 Å². The largest absolute Gasteiger partial charge is 0.491 e. The molecule has 1 fully saturated rings. The second-order valence-electron chi connectivity index (χ2n) is 7.04. The van der Waals surface area contributed by atoms with Crippen molar-refractivity contribution in [2.75, 3.05) is 6.61 Å². The second kappa shape index (κ2) is 8.64. The molecule has 2 aromatic carbocycles. The van der Waals surface area contributed by atoms with E-state index in [0.717, 1.165) is 31.2 Å². The molecular formula is C23H25F3O. The molecule has 0 aliphatic heterocycles. The number of allylic oxidation sites excluding steroid dienone is 1. The van der Waals surface area contributed by atoms with Crippen molar-refractivity contribution in [3.8, 4) is 5.75 Å². The van der Waals surface area contributed by atoms with Gasteiger partial charge in [0.05, 0.1) is 6.61 Å². The number of hydrogen-bond acceptors (Lipinski definition) is 1. The highest BCUT2D eigenvalue weighted by Crippen LogP contribution is 2.42. The number of rotatable bonds is 5. The van der Waals surface area contributed by atoms with Crippen LogP contribution in [0, 0.1) is 17.5 Å². The SMILES string of the molecule is CC=Cc1ccc(C2CCC(c3ccc(OCC)c(F)c3F)CC2)cc1F. The molecule has 0 unspecified atom stereocenters. The van der Waals surface area contributed by atoms with Crippen molar-refractivity contribution in [1.29, 1.82) is 0 Å². The fourth-order valence-electron chi connectivity index (χ4n) is 3.98. The van der Waals surface area contributed by atoms with Gasteiger partial charge in [0.25, 0.3) is 0 Å². The van der Waals surface area contributed by atoms with E-state index in [9.17, 15) is 13.2 Å². The van der Waals surface area contributed by atoms with E-state index in [2.05, 4.69) is 0 Å². The van der Waals surface area contributed by atoms with Crippen molar-refractivity contribution in [2.45, 2.75) is 51.4 Å². The second-order valence-corrected chi connectivity index (χ2v) is 7.04. The van der Waals surface area contributed by atoms with Gasteiger partial charge in [0, 0.05) is 5.56 Å². The average Bonchev–Trinajstić information content (AvgIpc) is 2.68. The Morgan fingerprint density at radius 3 is 2.30 bits per heavy atom. The molecule has 0 N–H and O–H groups in total. The summed E-state index contributed by atoms with van der Waals surface area (Å²) >= 11 is 0. The number of benzene rings is 2. The maximum absolute atomic E-state index is 14.4. The summed E-state index contributed by atoms with van der Waals surface area (Å²) in [5.74, 6) is -1.72. The van der Waals surface area contributed by atoms with Crippen LogP contribution in [0.25, 0.3) is 6.08 Å². The predicted octanol–water partition coefficient (Wildman–Crippen LogP) is 6.98. The Balaban J connectivity index is 1.70. The van der Waals surface area contributed by atoms with Crippen LogP contribution in [0.15, 0.2) is 36.4 Å². The van der Waals surface area contributed by atoms with E-state index in [4.69, 9.17) is 4.74 Å². The molecule has 0 spiro atoms. The first kappa shape index (κ1) is 19.5. The van der Waals surface area contributed by atoms with Crippen LogP contribution in [-0.4, -0.2) is 6.61 Å². The highest BCUT2D eigenvalue weighted by Gasteiger charge is 2.27. The van der Waals surface area contributed by atoms with Crippen molar-refractivity contribution < 1.29 is 17.9 Å². The lowest BCUT2D eigenvalue weighted by atomic mass is 9.76. The molecule has 1 saturated carbocycles. The quantitative estimate of drug-likeness (QED) is 0.549. The van der Waals surface area contributed by atoms with Gasteiger partial charge >= 0.3 is 0 Å². The Morgan fingerprint density at radius 2 is 1.67 bits per heavy atom. The molecule has 0 heterocycles. The van der Waals surface area contributed by atoms with Crippen molar-refractivity contribution in [1.82, 2.24) is 0 Å². The van der Waals surface area contributed by atoms with Gasteiger partial charge in [-0.15, -0.1) is 0 Å². The summed E-state index contributed by atoms with van der Waals surface area (Å²) < 4.78 is 47.9. The summed E-state index contributed by atoms with van der Waals surface area (Å²) in [4.78, 5) is 0. The van der Waals surface area contributed by atoms with E-state index in [-0.39, 0.29) is 23.4 Å². The Hall–Kier alpha value is -2.23. The summed E-state index contributed by atoms with van der Waals surface area (Å²) in [6.45, 7) is 3.89. The van der Waals surface area contributed by atoms with Crippen LogP contribution in [-0.2, 0) is 0 Å². The molecule has 0 saturated heterocycles. The third-order valence-electron chi connectivity index (χ3n) is 5.39. The Kier molecular flexibility index (Phi) is 6.25. The zero-order valence-corrected chi connectivity index (χ0v) is 15.8. The van der Waals surface area contributed by atoms with Crippen LogP contribution in [0.5, 0.6) is 5.75 Å². The minimum Gasteiger partial charge on any atom is -0.491 e. The van der Waals surface area contributed by atoms with Crippen LogP contribution in [0.4, 0.5) is 13.2 Å². The molecule has 4 heteroatoms. The lowest BCUT2D eigenvalue weighted by molar-refractivity contribution is 0.310. The number of halogens is 3. The maximum atomic E-state index is 14.4. The van der Waals surface area contributed by atoms with Gasteiger partial charge in [0.1, 0.15) is 5.82 Å². The number of ether oxygens (including phenoxy) is 1. The smallest absolute Gasteiger partial charge is 0.200 e. The van der Waals surface area contributed by atoms with Gasteiger partial charge in [-0.25, -0.2) is 8.78 Å². The molecule has 0 atom stereocenters. The summed E-state index contributed by atoms with van der Waals surface area (Å²) in [6.07, 6.45) is 6.75. The van der Waals surface area contributed by atoms with Crippen LogP contribution in [0.1, 0.15) is 68.1 Å². The van der Waals surface area contributed by atoms with Gasteiger partial charge in [-0.1, -0.05) is 30.4 Å². The van der Waals surface area contributed by atoms with Crippen LogP contribution in [0.2, 0.25) is 0 Å². The summed E-state index contributed by atoms with van der Waals surface area (Å²) in [5.41, 5.74) is 1.99. The van der Waals surface area contributed by atoms with Crippen molar-refractivity contribution in [3.05, 3.63) is 70.5 Å². The van der Waals surface area contributed by atoms with Crippen LogP contribution < -0.4 is 4.74 Å². The van der Waals surface area contributed by atoms with Crippen LogP contribution in [0.3, 0.4) is 0 Å². The van der Waals surface area contributed by atoms with Gasteiger partial charge < -0.3 is 4.74 Å². The fourth-order valence-corrected chi connectivity index (χ4v) is 3.98. The van der Waals surface area contributed by atoms with Gasteiger partial charge in [-0.3, -0.25) is 0 Å². The molecule has 1 nitrogen and oxygen atoms in total. The van der Waals surface area contributed by atoms with Gasteiger partial charge in [-0.2, -0.15) is 4.39 Å². The summed E-state index contributed by atoms with van der Waals surface area (Å²) in [5, 5.41) is 0. The molecular weight excluding hydrogens is 349 g/mol. The average molecular weight is 374 g/mol. The lowest BCUT2D eigenvalue weighted by Gasteiger charge is -2.29. The fraction of sp³-hybridized carbons (Fsp3) is 0.391. The monoisotopic (exact) mass is 374 g/mol. The molecule has 2 aromatic rings.